The summed E-state index contributed by atoms with van der Waals surface area (Å²) in [7, 11) is 0. The maximum atomic E-state index is 4.83. The first-order valence-electron chi connectivity index (χ1n) is 6.78. The van der Waals surface area contributed by atoms with Gasteiger partial charge in [0.25, 0.3) is 0 Å². The number of hydrogen-bond donors (Lipinski definition) is 0. The van der Waals surface area contributed by atoms with Gasteiger partial charge in [0.2, 0.25) is 0 Å². The van der Waals surface area contributed by atoms with Crippen molar-refractivity contribution >= 4 is 27.3 Å². The van der Waals surface area contributed by atoms with Gasteiger partial charge in [-0.3, -0.25) is 0 Å². The lowest BCUT2D eigenvalue weighted by Gasteiger charge is -2.08. The van der Waals surface area contributed by atoms with Crippen molar-refractivity contribution in [3.05, 3.63) is 101 Å². The lowest BCUT2D eigenvalue weighted by Crippen LogP contribution is -2.02. The summed E-state index contributed by atoms with van der Waals surface area (Å²) in [6, 6.07) is 28.5. The van der Waals surface area contributed by atoms with Crippen LogP contribution in [0.15, 0.2) is 94.4 Å². The van der Waals surface area contributed by atoms with Gasteiger partial charge >= 0.3 is 0 Å². The zero-order chi connectivity index (χ0) is 14.5. The van der Waals surface area contributed by atoms with E-state index in [-0.39, 0.29) is 0 Å². The van der Waals surface area contributed by atoms with Gasteiger partial charge in [-0.1, -0.05) is 76.6 Å². The molecule has 0 saturated carbocycles. The highest BCUT2D eigenvalue weighted by atomic mass is 79.9. The maximum absolute atomic E-state index is 4.83. The first-order chi connectivity index (χ1) is 10.3. The summed E-state index contributed by atoms with van der Waals surface area (Å²) in [6.45, 7) is 0. The van der Waals surface area contributed by atoms with Crippen molar-refractivity contribution in [1.82, 2.24) is 0 Å². The molecule has 0 radical (unpaired) electrons. The van der Waals surface area contributed by atoms with Crippen molar-refractivity contribution < 1.29 is 0 Å². The van der Waals surface area contributed by atoms with Crippen molar-refractivity contribution in [3.63, 3.8) is 0 Å². The zero-order valence-electron chi connectivity index (χ0n) is 11.4. The lowest BCUT2D eigenvalue weighted by atomic mass is 10.0. The summed E-state index contributed by atoms with van der Waals surface area (Å²) in [5, 5.41) is 0. The Morgan fingerprint density at radius 1 is 0.619 bits per heavy atom. The highest BCUT2D eigenvalue weighted by molar-refractivity contribution is 9.10. The molecular formula is C19H14BrN. The molecule has 3 aromatic carbocycles. The molecule has 3 rings (SSSR count). The normalized spacial score (nSPS) is 11.4. The van der Waals surface area contributed by atoms with E-state index in [1.165, 1.54) is 0 Å². The number of nitrogens with zero attached hydrogens (tertiary/aromatic N) is 1. The summed E-state index contributed by atoms with van der Waals surface area (Å²) >= 11 is 3.48. The molecule has 21 heavy (non-hydrogen) atoms. The molecule has 0 aromatic heterocycles. The second-order valence-corrected chi connectivity index (χ2v) is 5.58. The van der Waals surface area contributed by atoms with Crippen LogP contribution in [0.1, 0.15) is 11.1 Å². The molecular weight excluding hydrogens is 322 g/mol. The van der Waals surface area contributed by atoms with Crippen LogP contribution in [-0.2, 0) is 0 Å². The number of para-hydroxylation sites is 1. The summed E-state index contributed by atoms with van der Waals surface area (Å²) in [6.07, 6.45) is 0. The Kier molecular flexibility index (Phi) is 4.27. The number of aliphatic imine (C=N–C) groups is 1. The number of benzene rings is 3. The van der Waals surface area contributed by atoms with Crippen molar-refractivity contribution in [1.29, 1.82) is 0 Å². The quantitative estimate of drug-likeness (QED) is 0.551. The van der Waals surface area contributed by atoms with Crippen molar-refractivity contribution in [3.8, 4) is 0 Å². The number of hydrogen-bond acceptors (Lipinski definition) is 1. The molecule has 0 aliphatic rings. The number of rotatable bonds is 3. The molecule has 0 fully saturated rings. The largest absolute Gasteiger partial charge is 0.248 e. The van der Waals surface area contributed by atoms with E-state index in [4.69, 9.17) is 4.99 Å². The first-order valence-corrected chi connectivity index (χ1v) is 7.57. The molecule has 0 amide bonds. The van der Waals surface area contributed by atoms with Gasteiger partial charge in [0, 0.05) is 15.6 Å². The van der Waals surface area contributed by atoms with Crippen molar-refractivity contribution in [2.45, 2.75) is 0 Å². The average Bonchev–Trinajstić information content (AvgIpc) is 2.55. The van der Waals surface area contributed by atoms with Gasteiger partial charge in [-0.15, -0.1) is 0 Å². The molecule has 0 bridgehead atoms. The van der Waals surface area contributed by atoms with Gasteiger partial charge in [0.15, 0.2) is 0 Å². The smallest absolute Gasteiger partial charge is 0.0781 e. The van der Waals surface area contributed by atoms with Crippen LogP contribution in [0.2, 0.25) is 0 Å². The van der Waals surface area contributed by atoms with E-state index in [0.717, 1.165) is 27.0 Å². The van der Waals surface area contributed by atoms with Crippen LogP contribution in [0.5, 0.6) is 0 Å². The lowest BCUT2D eigenvalue weighted by molar-refractivity contribution is 1.47. The molecule has 0 spiro atoms. The van der Waals surface area contributed by atoms with Gasteiger partial charge in [-0.2, -0.15) is 0 Å². The Morgan fingerprint density at radius 2 is 1.14 bits per heavy atom. The first kappa shape index (κ1) is 13.8. The molecule has 0 aliphatic heterocycles. The molecule has 2 heteroatoms. The summed E-state index contributed by atoms with van der Waals surface area (Å²) in [5.41, 5.74) is 4.16. The topological polar surface area (TPSA) is 12.4 Å². The van der Waals surface area contributed by atoms with E-state index in [9.17, 15) is 0 Å². The maximum Gasteiger partial charge on any atom is 0.0781 e. The Balaban J connectivity index is 2.12. The third kappa shape index (κ3) is 3.47. The van der Waals surface area contributed by atoms with Gasteiger partial charge in [0.05, 0.1) is 11.4 Å². The van der Waals surface area contributed by atoms with Gasteiger partial charge < -0.3 is 0 Å². The molecule has 0 unspecified atom stereocenters. The Hall–Kier alpha value is -2.19. The molecule has 1 nitrogen and oxygen atoms in total. The summed E-state index contributed by atoms with van der Waals surface area (Å²) < 4.78 is 1.07. The molecule has 0 heterocycles. The highest BCUT2D eigenvalue weighted by Gasteiger charge is 2.06. The minimum atomic E-state index is 0.958. The molecule has 0 saturated heterocycles. The van der Waals surface area contributed by atoms with Crippen molar-refractivity contribution in [2.24, 2.45) is 4.99 Å². The van der Waals surface area contributed by atoms with E-state index in [1.54, 1.807) is 0 Å². The second-order valence-electron chi connectivity index (χ2n) is 4.67. The van der Waals surface area contributed by atoms with Crippen LogP contribution in [0.25, 0.3) is 0 Å². The molecule has 0 atom stereocenters. The van der Waals surface area contributed by atoms with E-state index < -0.39 is 0 Å². The van der Waals surface area contributed by atoms with E-state index in [1.807, 2.05) is 60.7 Å². The predicted octanol–water partition coefficient (Wildman–Crippen LogP) is 5.62. The molecule has 0 N–H and O–H groups in total. The monoisotopic (exact) mass is 335 g/mol. The predicted molar refractivity (Wildman–Crippen MR) is 92.3 cm³/mol. The van der Waals surface area contributed by atoms with Crippen LogP contribution >= 0.6 is 15.9 Å². The molecule has 3 aromatic rings. The SMILES string of the molecule is Brc1ccc(C(=Nc2ccccc2)c2ccccc2)cc1. The van der Waals surface area contributed by atoms with Gasteiger partial charge in [-0.25, -0.2) is 4.99 Å². The summed E-state index contributed by atoms with van der Waals surface area (Å²) in [5.74, 6) is 0. The van der Waals surface area contributed by atoms with Crippen LogP contribution in [-0.4, -0.2) is 5.71 Å². The zero-order valence-corrected chi connectivity index (χ0v) is 13.0. The summed E-state index contributed by atoms with van der Waals surface area (Å²) in [4.78, 5) is 4.83. The molecule has 0 aliphatic carbocycles. The van der Waals surface area contributed by atoms with E-state index in [2.05, 4.69) is 40.2 Å². The highest BCUT2D eigenvalue weighted by Crippen LogP contribution is 2.19. The van der Waals surface area contributed by atoms with Crippen LogP contribution in [0, 0.1) is 0 Å². The minimum absolute atomic E-state index is 0.958. The fourth-order valence-electron chi connectivity index (χ4n) is 2.13. The van der Waals surface area contributed by atoms with Gasteiger partial charge in [0.1, 0.15) is 0 Å². The number of halogens is 1. The van der Waals surface area contributed by atoms with E-state index >= 15 is 0 Å². The van der Waals surface area contributed by atoms with E-state index in [0.29, 0.717) is 0 Å². The van der Waals surface area contributed by atoms with Crippen LogP contribution < -0.4 is 0 Å². The van der Waals surface area contributed by atoms with Gasteiger partial charge in [-0.05, 0) is 24.3 Å². The molecule has 102 valence electrons. The fourth-order valence-corrected chi connectivity index (χ4v) is 2.40. The van der Waals surface area contributed by atoms with Crippen molar-refractivity contribution in [2.75, 3.05) is 0 Å². The Morgan fingerprint density at radius 3 is 1.76 bits per heavy atom. The average molecular weight is 336 g/mol. The fraction of sp³-hybridized carbons (Fsp3) is 0. The van der Waals surface area contributed by atoms with Crippen LogP contribution in [0.3, 0.4) is 0 Å². The third-order valence-electron chi connectivity index (χ3n) is 3.16. The third-order valence-corrected chi connectivity index (χ3v) is 3.69. The van der Waals surface area contributed by atoms with Crippen LogP contribution in [0.4, 0.5) is 5.69 Å². The minimum Gasteiger partial charge on any atom is -0.248 e. The Labute approximate surface area is 133 Å². The Bertz CT molecular complexity index is 732. The second kappa shape index (κ2) is 6.51. The standard InChI is InChI=1S/C19H14BrN/c20-17-13-11-16(12-14-17)19(15-7-3-1-4-8-15)21-18-9-5-2-6-10-18/h1-14H.